The van der Waals surface area contributed by atoms with Crippen LogP contribution in [-0.2, 0) is 0 Å². The SMILES string of the molecule is Cc1cncc(C(=O)Nc2cccc(-c3cn[nH]c3)c2)c1. The second-order valence-electron chi connectivity index (χ2n) is 4.77. The van der Waals surface area contributed by atoms with Crippen LogP contribution in [0.3, 0.4) is 0 Å². The topological polar surface area (TPSA) is 70.7 Å². The van der Waals surface area contributed by atoms with Crippen molar-refractivity contribution in [2.24, 2.45) is 0 Å². The molecule has 0 fully saturated rings. The van der Waals surface area contributed by atoms with Crippen molar-refractivity contribution >= 4 is 11.6 Å². The van der Waals surface area contributed by atoms with Gasteiger partial charge in [-0.2, -0.15) is 5.10 Å². The van der Waals surface area contributed by atoms with Crippen LogP contribution in [0.5, 0.6) is 0 Å². The first-order valence-electron chi connectivity index (χ1n) is 6.54. The largest absolute Gasteiger partial charge is 0.322 e. The third-order valence-corrected chi connectivity index (χ3v) is 3.09. The average molecular weight is 278 g/mol. The maximum absolute atomic E-state index is 12.2. The third kappa shape index (κ3) is 2.97. The molecule has 2 heterocycles. The third-order valence-electron chi connectivity index (χ3n) is 3.09. The number of nitrogens with zero attached hydrogens (tertiary/aromatic N) is 2. The number of aromatic amines is 1. The molecular weight excluding hydrogens is 264 g/mol. The van der Waals surface area contributed by atoms with Gasteiger partial charge in [0.15, 0.2) is 0 Å². The molecule has 2 N–H and O–H groups in total. The molecule has 5 heteroatoms. The number of rotatable bonds is 3. The number of benzene rings is 1. The molecule has 0 spiro atoms. The number of hydrogen-bond acceptors (Lipinski definition) is 3. The first kappa shape index (κ1) is 13.1. The molecule has 5 nitrogen and oxygen atoms in total. The van der Waals surface area contributed by atoms with E-state index >= 15 is 0 Å². The van der Waals surface area contributed by atoms with Crippen LogP contribution in [0.1, 0.15) is 15.9 Å². The lowest BCUT2D eigenvalue weighted by molar-refractivity contribution is 0.102. The van der Waals surface area contributed by atoms with Gasteiger partial charge in [0, 0.05) is 29.8 Å². The van der Waals surface area contributed by atoms with Crippen molar-refractivity contribution in [1.82, 2.24) is 15.2 Å². The summed E-state index contributed by atoms with van der Waals surface area (Å²) < 4.78 is 0. The summed E-state index contributed by atoms with van der Waals surface area (Å²) in [7, 11) is 0. The number of pyridine rings is 1. The van der Waals surface area contributed by atoms with Gasteiger partial charge in [0.25, 0.3) is 5.91 Å². The number of carbonyl (C=O) groups is 1. The van der Waals surface area contributed by atoms with Crippen molar-refractivity contribution in [3.8, 4) is 11.1 Å². The first-order chi connectivity index (χ1) is 10.2. The number of aromatic nitrogens is 3. The molecule has 2 aromatic heterocycles. The Kier molecular flexibility index (Phi) is 3.47. The predicted octanol–water partition coefficient (Wildman–Crippen LogP) is 3.03. The normalized spacial score (nSPS) is 10.3. The quantitative estimate of drug-likeness (QED) is 0.773. The molecule has 0 saturated carbocycles. The molecule has 0 unspecified atom stereocenters. The van der Waals surface area contributed by atoms with E-state index in [1.54, 1.807) is 18.6 Å². The van der Waals surface area contributed by atoms with E-state index in [1.165, 1.54) is 0 Å². The van der Waals surface area contributed by atoms with Crippen molar-refractivity contribution < 1.29 is 4.79 Å². The Morgan fingerprint density at radius 3 is 2.81 bits per heavy atom. The minimum absolute atomic E-state index is 0.171. The summed E-state index contributed by atoms with van der Waals surface area (Å²) in [5, 5.41) is 9.58. The van der Waals surface area contributed by atoms with Gasteiger partial charge in [-0.25, -0.2) is 0 Å². The zero-order valence-electron chi connectivity index (χ0n) is 11.5. The number of aryl methyl sites for hydroxylation is 1. The van der Waals surface area contributed by atoms with E-state index in [-0.39, 0.29) is 5.91 Å². The summed E-state index contributed by atoms with van der Waals surface area (Å²) in [6.07, 6.45) is 6.83. The standard InChI is InChI=1S/C16H14N4O/c1-11-5-13(8-17-7-11)16(21)20-15-4-2-3-12(6-15)14-9-18-19-10-14/h2-10H,1H3,(H,18,19)(H,20,21). The van der Waals surface area contributed by atoms with Gasteiger partial charge in [-0.3, -0.25) is 14.9 Å². The number of anilines is 1. The van der Waals surface area contributed by atoms with Gasteiger partial charge in [-0.05, 0) is 36.2 Å². The Morgan fingerprint density at radius 2 is 2.05 bits per heavy atom. The predicted molar refractivity (Wildman–Crippen MR) is 81.0 cm³/mol. The van der Waals surface area contributed by atoms with E-state index < -0.39 is 0 Å². The summed E-state index contributed by atoms with van der Waals surface area (Å²) in [6.45, 7) is 1.91. The monoisotopic (exact) mass is 278 g/mol. The molecule has 0 saturated heterocycles. The van der Waals surface area contributed by atoms with Crippen LogP contribution in [0.2, 0.25) is 0 Å². The van der Waals surface area contributed by atoms with Crippen LogP contribution in [0.25, 0.3) is 11.1 Å². The average Bonchev–Trinajstić information content (AvgIpc) is 3.02. The van der Waals surface area contributed by atoms with Crippen LogP contribution >= 0.6 is 0 Å². The molecule has 0 aliphatic carbocycles. The van der Waals surface area contributed by atoms with Crippen LogP contribution in [-0.4, -0.2) is 21.1 Å². The highest BCUT2D eigenvalue weighted by molar-refractivity contribution is 6.04. The van der Waals surface area contributed by atoms with Crippen molar-refractivity contribution in [2.45, 2.75) is 6.92 Å². The van der Waals surface area contributed by atoms with Crippen LogP contribution in [0.4, 0.5) is 5.69 Å². The summed E-state index contributed by atoms with van der Waals surface area (Å²) in [5.41, 5.74) is 4.20. The zero-order chi connectivity index (χ0) is 14.7. The van der Waals surface area contributed by atoms with Gasteiger partial charge in [0.2, 0.25) is 0 Å². The highest BCUT2D eigenvalue weighted by Crippen LogP contribution is 2.21. The van der Waals surface area contributed by atoms with E-state index in [1.807, 2.05) is 43.5 Å². The fourth-order valence-electron chi connectivity index (χ4n) is 2.07. The Balaban J connectivity index is 1.82. The van der Waals surface area contributed by atoms with Gasteiger partial charge in [0.05, 0.1) is 11.8 Å². The Hall–Kier alpha value is -2.95. The minimum atomic E-state index is -0.171. The van der Waals surface area contributed by atoms with E-state index in [2.05, 4.69) is 20.5 Å². The number of H-pyrrole nitrogens is 1. The second-order valence-corrected chi connectivity index (χ2v) is 4.77. The summed E-state index contributed by atoms with van der Waals surface area (Å²) in [5.74, 6) is -0.171. The van der Waals surface area contributed by atoms with Crippen LogP contribution in [0.15, 0.2) is 55.1 Å². The minimum Gasteiger partial charge on any atom is -0.322 e. The molecular formula is C16H14N4O. The molecule has 0 bridgehead atoms. The number of carbonyl (C=O) groups excluding carboxylic acids is 1. The maximum Gasteiger partial charge on any atom is 0.257 e. The van der Waals surface area contributed by atoms with Crippen molar-refractivity contribution in [3.05, 3.63) is 66.2 Å². The molecule has 0 radical (unpaired) electrons. The molecule has 21 heavy (non-hydrogen) atoms. The van der Waals surface area contributed by atoms with E-state index in [0.717, 1.165) is 22.4 Å². The van der Waals surface area contributed by atoms with Gasteiger partial charge < -0.3 is 5.32 Å². The summed E-state index contributed by atoms with van der Waals surface area (Å²) in [6, 6.07) is 9.43. The van der Waals surface area contributed by atoms with Crippen LogP contribution in [0, 0.1) is 6.92 Å². The van der Waals surface area contributed by atoms with E-state index in [4.69, 9.17) is 0 Å². The molecule has 0 atom stereocenters. The number of hydrogen-bond donors (Lipinski definition) is 2. The first-order valence-corrected chi connectivity index (χ1v) is 6.54. The van der Waals surface area contributed by atoms with Gasteiger partial charge in [-0.15, -0.1) is 0 Å². The van der Waals surface area contributed by atoms with E-state index in [9.17, 15) is 4.79 Å². The van der Waals surface area contributed by atoms with E-state index in [0.29, 0.717) is 5.56 Å². The lowest BCUT2D eigenvalue weighted by Crippen LogP contribution is -2.12. The molecule has 1 aromatic carbocycles. The van der Waals surface area contributed by atoms with Gasteiger partial charge in [0.1, 0.15) is 0 Å². The zero-order valence-corrected chi connectivity index (χ0v) is 11.5. The molecule has 0 aliphatic rings. The highest BCUT2D eigenvalue weighted by Gasteiger charge is 2.07. The fourth-order valence-corrected chi connectivity index (χ4v) is 2.07. The fraction of sp³-hybridized carbons (Fsp3) is 0.0625. The molecule has 1 amide bonds. The summed E-state index contributed by atoms with van der Waals surface area (Å²) in [4.78, 5) is 16.2. The summed E-state index contributed by atoms with van der Waals surface area (Å²) >= 11 is 0. The lowest BCUT2D eigenvalue weighted by Gasteiger charge is -2.07. The molecule has 104 valence electrons. The smallest absolute Gasteiger partial charge is 0.257 e. The Bertz CT molecular complexity index is 765. The van der Waals surface area contributed by atoms with Crippen LogP contribution < -0.4 is 5.32 Å². The Labute approximate surface area is 122 Å². The highest BCUT2D eigenvalue weighted by atomic mass is 16.1. The lowest BCUT2D eigenvalue weighted by atomic mass is 10.1. The van der Waals surface area contributed by atoms with Gasteiger partial charge in [-0.1, -0.05) is 12.1 Å². The number of amides is 1. The van der Waals surface area contributed by atoms with Gasteiger partial charge >= 0.3 is 0 Å². The van der Waals surface area contributed by atoms with Crippen molar-refractivity contribution in [3.63, 3.8) is 0 Å². The molecule has 3 aromatic rings. The molecule has 0 aliphatic heterocycles. The second kappa shape index (κ2) is 5.58. The number of nitrogens with one attached hydrogen (secondary N) is 2. The van der Waals surface area contributed by atoms with Crippen molar-refractivity contribution in [2.75, 3.05) is 5.32 Å². The molecule has 3 rings (SSSR count). The van der Waals surface area contributed by atoms with Crippen molar-refractivity contribution in [1.29, 1.82) is 0 Å². The Morgan fingerprint density at radius 1 is 1.14 bits per heavy atom. The maximum atomic E-state index is 12.2.